The van der Waals surface area contributed by atoms with E-state index in [9.17, 15) is 4.79 Å². The van der Waals surface area contributed by atoms with E-state index < -0.39 is 0 Å². The largest absolute Gasteiger partial charge is 0.319 e. The second kappa shape index (κ2) is 6.31. The predicted octanol–water partition coefficient (Wildman–Crippen LogP) is 4.07. The summed E-state index contributed by atoms with van der Waals surface area (Å²) in [5, 5.41) is 7.43. The number of anilines is 1. The van der Waals surface area contributed by atoms with Crippen LogP contribution in [0.2, 0.25) is 0 Å². The summed E-state index contributed by atoms with van der Waals surface area (Å²) in [5.41, 5.74) is 4.09. The van der Waals surface area contributed by atoms with E-state index in [1.165, 1.54) is 0 Å². The number of hydrogen-bond acceptors (Lipinski definition) is 2. The van der Waals surface area contributed by atoms with Gasteiger partial charge in [0.25, 0.3) is 5.91 Å². The lowest BCUT2D eigenvalue weighted by Crippen LogP contribution is -2.13. The van der Waals surface area contributed by atoms with Crippen molar-refractivity contribution in [2.45, 2.75) is 39.6 Å². The van der Waals surface area contributed by atoms with Gasteiger partial charge in [-0.1, -0.05) is 12.1 Å². The molecular weight excluding hydrogens is 286 g/mol. The first kappa shape index (κ1) is 15.6. The lowest BCUT2D eigenvalue weighted by atomic mass is 10.1. The number of carbonyl (C=O) groups excluding carboxylic acids is 1. The number of amides is 1. The topological polar surface area (TPSA) is 46.9 Å². The summed E-state index contributed by atoms with van der Waals surface area (Å²) in [6.07, 6.45) is 0. The van der Waals surface area contributed by atoms with Crippen molar-refractivity contribution in [3.8, 4) is 0 Å². The van der Waals surface area contributed by atoms with Gasteiger partial charge in [-0.15, -0.1) is 11.6 Å². The smallest absolute Gasteiger partial charge is 0.255 e. The fourth-order valence-corrected chi connectivity index (χ4v) is 2.49. The van der Waals surface area contributed by atoms with E-state index >= 15 is 0 Å². The van der Waals surface area contributed by atoms with E-state index in [1.807, 2.05) is 30.7 Å². The lowest BCUT2D eigenvalue weighted by molar-refractivity contribution is 0.102. The molecule has 112 valence electrons. The fraction of sp³-hybridized carbons (Fsp3) is 0.375. The first-order valence-electron chi connectivity index (χ1n) is 6.96. The molecule has 21 heavy (non-hydrogen) atoms. The molecule has 0 unspecified atom stereocenters. The fourth-order valence-electron chi connectivity index (χ4n) is 2.33. The van der Waals surface area contributed by atoms with Crippen molar-refractivity contribution in [2.75, 3.05) is 5.32 Å². The summed E-state index contributed by atoms with van der Waals surface area (Å²) in [6, 6.07) is 7.58. The number of aromatic nitrogens is 2. The van der Waals surface area contributed by atoms with E-state index in [4.69, 9.17) is 11.6 Å². The van der Waals surface area contributed by atoms with Crippen molar-refractivity contribution < 1.29 is 4.79 Å². The Hall–Kier alpha value is -1.81. The van der Waals surface area contributed by atoms with Crippen LogP contribution in [0.15, 0.2) is 24.3 Å². The van der Waals surface area contributed by atoms with Gasteiger partial charge >= 0.3 is 0 Å². The van der Waals surface area contributed by atoms with Crippen molar-refractivity contribution in [2.24, 2.45) is 0 Å². The first-order valence-corrected chi connectivity index (χ1v) is 7.49. The molecule has 1 N–H and O–H groups in total. The molecule has 0 saturated heterocycles. The van der Waals surface area contributed by atoms with Gasteiger partial charge in [0.2, 0.25) is 0 Å². The van der Waals surface area contributed by atoms with Crippen molar-refractivity contribution >= 4 is 23.2 Å². The molecule has 0 bridgehead atoms. The Balaban J connectivity index is 2.27. The number of aryl methyl sites for hydroxylation is 1. The highest BCUT2D eigenvalue weighted by Gasteiger charge is 2.16. The van der Waals surface area contributed by atoms with Crippen LogP contribution in [0, 0.1) is 13.8 Å². The van der Waals surface area contributed by atoms with E-state index in [-0.39, 0.29) is 11.9 Å². The molecule has 2 rings (SSSR count). The maximum atomic E-state index is 12.4. The summed E-state index contributed by atoms with van der Waals surface area (Å²) in [7, 11) is 0. The molecule has 0 radical (unpaired) electrons. The number of alkyl halides is 1. The van der Waals surface area contributed by atoms with Gasteiger partial charge in [0, 0.05) is 17.5 Å². The number of halogens is 1. The summed E-state index contributed by atoms with van der Waals surface area (Å²) >= 11 is 5.81. The van der Waals surface area contributed by atoms with Gasteiger partial charge in [0.1, 0.15) is 0 Å². The van der Waals surface area contributed by atoms with Gasteiger partial charge in [0.05, 0.1) is 17.1 Å². The molecule has 0 atom stereocenters. The third-order valence-corrected chi connectivity index (χ3v) is 3.70. The molecule has 0 saturated carbocycles. The molecule has 4 nitrogen and oxygen atoms in total. The Labute approximate surface area is 130 Å². The number of nitrogens with zero attached hydrogens (tertiary/aromatic N) is 2. The SMILES string of the molecule is Cc1nn(C(C)C)c(C)c1NC(=O)c1cccc(CCl)c1. The Morgan fingerprint density at radius 2 is 2.10 bits per heavy atom. The Morgan fingerprint density at radius 3 is 2.67 bits per heavy atom. The Kier molecular flexibility index (Phi) is 4.68. The molecule has 0 aliphatic rings. The van der Waals surface area contributed by atoms with Gasteiger partial charge in [-0.3, -0.25) is 9.48 Å². The third kappa shape index (κ3) is 3.27. The predicted molar refractivity (Wildman–Crippen MR) is 86.0 cm³/mol. The number of nitrogens with one attached hydrogen (secondary N) is 1. The lowest BCUT2D eigenvalue weighted by Gasteiger charge is -2.09. The van der Waals surface area contributed by atoms with Crippen molar-refractivity contribution in [1.29, 1.82) is 0 Å². The summed E-state index contributed by atoms with van der Waals surface area (Å²) in [5.74, 6) is 0.251. The molecule has 2 aromatic rings. The molecule has 1 aromatic heterocycles. The van der Waals surface area contributed by atoms with Crippen LogP contribution in [-0.4, -0.2) is 15.7 Å². The average Bonchev–Trinajstić information content (AvgIpc) is 2.75. The highest BCUT2D eigenvalue weighted by molar-refractivity contribution is 6.17. The third-order valence-electron chi connectivity index (χ3n) is 3.40. The highest BCUT2D eigenvalue weighted by Crippen LogP contribution is 2.23. The molecule has 0 fully saturated rings. The Morgan fingerprint density at radius 1 is 1.38 bits per heavy atom. The van der Waals surface area contributed by atoms with Gasteiger partial charge in [-0.05, 0) is 45.4 Å². The minimum absolute atomic E-state index is 0.142. The minimum atomic E-state index is -0.142. The number of benzene rings is 1. The van der Waals surface area contributed by atoms with Gasteiger partial charge in [-0.2, -0.15) is 5.10 Å². The van der Waals surface area contributed by atoms with Crippen LogP contribution >= 0.6 is 11.6 Å². The monoisotopic (exact) mass is 305 g/mol. The quantitative estimate of drug-likeness (QED) is 0.865. The van der Waals surface area contributed by atoms with E-state index in [1.54, 1.807) is 12.1 Å². The average molecular weight is 306 g/mol. The highest BCUT2D eigenvalue weighted by atomic mass is 35.5. The van der Waals surface area contributed by atoms with Crippen LogP contribution in [0.4, 0.5) is 5.69 Å². The van der Waals surface area contributed by atoms with Crippen LogP contribution in [0.5, 0.6) is 0 Å². The van der Waals surface area contributed by atoms with Crippen LogP contribution in [0.3, 0.4) is 0 Å². The minimum Gasteiger partial charge on any atom is -0.319 e. The van der Waals surface area contributed by atoms with Crippen LogP contribution in [0.25, 0.3) is 0 Å². The number of carbonyl (C=O) groups is 1. The molecule has 0 spiro atoms. The maximum Gasteiger partial charge on any atom is 0.255 e. The van der Waals surface area contributed by atoms with Crippen LogP contribution < -0.4 is 5.32 Å². The van der Waals surface area contributed by atoms with Crippen molar-refractivity contribution in [3.63, 3.8) is 0 Å². The van der Waals surface area contributed by atoms with E-state index in [0.29, 0.717) is 11.4 Å². The van der Waals surface area contributed by atoms with E-state index in [2.05, 4.69) is 24.3 Å². The maximum absolute atomic E-state index is 12.4. The van der Waals surface area contributed by atoms with E-state index in [0.717, 1.165) is 22.6 Å². The normalized spacial score (nSPS) is 11.0. The van der Waals surface area contributed by atoms with Gasteiger partial charge < -0.3 is 5.32 Å². The molecule has 1 amide bonds. The van der Waals surface area contributed by atoms with Gasteiger partial charge in [-0.25, -0.2) is 0 Å². The van der Waals surface area contributed by atoms with Gasteiger partial charge in [0.15, 0.2) is 0 Å². The molecule has 1 heterocycles. The summed E-state index contributed by atoms with van der Waals surface area (Å²) < 4.78 is 1.92. The summed E-state index contributed by atoms with van der Waals surface area (Å²) in [6.45, 7) is 7.99. The molecule has 0 aliphatic heterocycles. The van der Waals surface area contributed by atoms with Crippen molar-refractivity contribution in [1.82, 2.24) is 9.78 Å². The zero-order chi connectivity index (χ0) is 15.6. The molecular formula is C16H20ClN3O. The summed E-state index contributed by atoms with van der Waals surface area (Å²) in [4.78, 5) is 12.4. The second-order valence-corrected chi connectivity index (χ2v) is 5.64. The molecule has 1 aromatic carbocycles. The standard InChI is InChI=1S/C16H20ClN3O/c1-10(2)20-12(4)15(11(3)19-20)18-16(21)14-7-5-6-13(8-14)9-17/h5-8,10H,9H2,1-4H3,(H,18,21). The van der Waals surface area contributed by atoms with Crippen LogP contribution in [0.1, 0.15) is 47.2 Å². The van der Waals surface area contributed by atoms with Crippen LogP contribution in [-0.2, 0) is 5.88 Å². The Bertz CT molecular complexity index is 662. The number of hydrogen-bond donors (Lipinski definition) is 1. The van der Waals surface area contributed by atoms with Crippen molar-refractivity contribution in [3.05, 3.63) is 46.8 Å². The zero-order valence-electron chi connectivity index (χ0n) is 12.8. The molecule has 0 aliphatic carbocycles. The first-order chi connectivity index (χ1) is 9.93. The second-order valence-electron chi connectivity index (χ2n) is 5.37. The zero-order valence-corrected chi connectivity index (χ0v) is 13.5. The molecule has 5 heteroatoms. The number of rotatable bonds is 4.